The third-order valence-corrected chi connectivity index (χ3v) is 3.90. The Labute approximate surface area is 106 Å². The van der Waals surface area contributed by atoms with E-state index in [4.69, 9.17) is 5.11 Å². The molecule has 0 saturated carbocycles. The van der Waals surface area contributed by atoms with Crippen molar-refractivity contribution in [2.24, 2.45) is 0 Å². The van der Waals surface area contributed by atoms with Gasteiger partial charge in [0, 0.05) is 17.5 Å². The van der Waals surface area contributed by atoms with Crippen LogP contribution in [0.4, 0.5) is 0 Å². The maximum absolute atomic E-state index is 10.7. The average molecular weight is 256 g/mol. The first-order chi connectivity index (χ1) is 7.93. The molecule has 0 saturated heterocycles. The van der Waals surface area contributed by atoms with Gasteiger partial charge in [0.1, 0.15) is 0 Å². The molecule has 1 aromatic rings. The highest BCUT2D eigenvalue weighted by atomic mass is 32.1. The second kappa shape index (κ2) is 6.12. The smallest absolute Gasteiger partial charge is 0.304 e. The van der Waals surface area contributed by atoms with Crippen LogP contribution < -0.4 is 0 Å². The van der Waals surface area contributed by atoms with Crippen LogP contribution in [-0.4, -0.2) is 33.5 Å². The van der Waals surface area contributed by atoms with Crippen LogP contribution in [-0.2, 0) is 11.3 Å². The Balaban J connectivity index is 2.69. The summed E-state index contributed by atoms with van der Waals surface area (Å²) in [5.41, 5.74) is 1.06. The molecule has 1 N–H and O–H groups in total. The van der Waals surface area contributed by atoms with Crippen molar-refractivity contribution in [3.63, 3.8) is 0 Å². The molecule has 1 aromatic heterocycles. The summed E-state index contributed by atoms with van der Waals surface area (Å²) < 4.78 is 0. The third kappa shape index (κ3) is 4.09. The van der Waals surface area contributed by atoms with E-state index < -0.39 is 5.97 Å². The quantitative estimate of drug-likeness (QED) is 0.849. The Morgan fingerprint density at radius 3 is 2.59 bits per heavy atom. The zero-order valence-corrected chi connectivity index (χ0v) is 11.7. The lowest BCUT2D eigenvalue weighted by Gasteiger charge is -2.26. The van der Waals surface area contributed by atoms with Crippen LogP contribution in [0.2, 0.25) is 0 Å². The van der Waals surface area contributed by atoms with Gasteiger partial charge in [-0.1, -0.05) is 6.92 Å². The van der Waals surface area contributed by atoms with Gasteiger partial charge < -0.3 is 5.11 Å². The number of nitrogens with zero attached hydrogens (tertiary/aromatic N) is 2. The number of carboxylic acid groups (broad SMARTS) is 1. The molecule has 17 heavy (non-hydrogen) atoms. The monoisotopic (exact) mass is 256 g/mol. The Hall–Kier alpha value is -0.940. The van der Waals surface area contributed by atoms with Gasteiger partial charge >= 0.3 is 5.97 Å². The molecule has 0 fully saturated rings. The topological polar surface area (TPSA) is 53.4 Å². The number of hydrogen-bond donors (Lipinski definition) is 1. The fourth-order valence-electron chi connectivity index (χ4n) is 1.87. The molecular formula is C12H20N2O2S. The zero-order chi connectivity index (χ0) is 13.0. The van der Waals surface area contributed by atoms with Gasteiger partial charge in [0.15, 0.2) is 0 Å². The minimum Gasteiger partial charge on any atom is -0.481 e. The van der Waals surface area contributed by atoms with Gasteiger partial charge in [-0.2, -0.15) is 0 Å². The molecule has 96 valence electrons. The summed E-state index contributed by atoms with van der Waals surface area (Å²) in [7, 11) is 0. The van der Waals surface area contributed by atoms with Gasteiger partial charge in [-0.15, -0.1) is 11.3 Å². The van der Waals surface area contributed by atoms with Crippen LogP contribution in [0.5, 0.6) is 0 Å². The molecule has 1 heterocycles. The molecule has 0 bridgehead atoms. The second-order valence-corrected chi connectivity index (χ2v) is 5.54. The number of aryl methyl sites for hydroxylation is 2. The SMILES string of the molecule is CCN(Cc1sc(C)nc1C)C(C)CC(=O)O. The van der Waals surface area contributed by atoms with Crippen LogP contribution in [0.15, 0.2) is 0 Å². The Bertz CT molecular complexity index is 390. The summed E-state index contributed by atoms with van der Waals surface area (Å²) in [6.45, 7) is 9.67. The zero-order valence-electron chi connectivity index (χ0n) is 10.9. The van der Waals surface area contributed by atoms with Gasteiger partial charge in [-0.05, 0) is 27.3 Å². The minimum absolute atomic E-state index is 0.0549. The van der Waals surface area contributed by atoms with Crippen molar-refractivity contribution in [3.8, 4) is 0 Å². The lowest BCUT2D eigenvalue weighted by molar-refractivity contribution is -0.138. The minimum atomic E-state index is -0.742. The number of thiazole rings is 1. The van der Waals surface area contributed by atoms with Crippen LogP contribution in [0.1, 0.15) is 35.8 Å². The lowest BCUT2D eigenvalue weighted by Crippen LogP contribution is -2.34. The number of carboxylic acids is 1. The lowest BCUT2D eigenvalue weighted by atomic mass is 10.2. The summed E-state index contributed by atoms with van der Waals surface area (Å²) in [5.74, 6) is -0.742. The Kier molecular flexibility index (Phi) is 5.08. The van der Waals surface area contributed by atoms with Crippen molar-refractivity contribution in [3.05, 3.63) is 15.6 Å². The number of hydrogen-bond acceptors (Lipinski definition) is 4. The van der Waals surface area contributed by atoms with Gasteiger partial charge in [-0.25, -0.2) is 4.98 Å². The van der Waals surface area contributed by atoms with Gasteiger partial charge in [0.2, 0.25) is 0 Å². The van der Waals surface area contributed by atoms with Gasteiger partial charge in [0.05, 0.1) is 17.1 Å². The highest BCUT2D eigenvalue weighted by Gasteiger charge is 2.17. The summed E-state index contributed by atoms with van der Waals surface area (Å²) >= 11 is 1.69. The van der Waals surface area contributed by atoms with Gasteiger partial charge in [-0.3, -0.25) is 9.69 Å². The van der Waals surface area contributed by atoms with Crippen molar-refractivity contribution in [2.75, 3.05) is 6.54 Å². The Morgan fingerprint density at radius 1 is 1.53 bits per heavy atom. The normalized spacial score (nSPS) is 13.0. The van der Waals surface area contributed by atoms with Crippen LogP contribution >= 0.6 is 11.3 Å². The van der Waals surface area contributed by atoms with E-state index in [0.717, 1.165) is 23.8 Å². The third-order valence-electron chi connectivity index (χ3n) is 2.85. The molecule has 1 unspecified atom stereocenters. The predicted octanol–water partition coefficient (Wildman–Crippen LogP) is 2.45. The highest BCUT2D eigenvalue weighted by Crippen LogP contribution is 2.20. The number of rotatable bonds is 6. The maximum Gasteiger partial charge on any atom is 0.304 e. The molecule has 0 aliphatic heterocycles. The first-order valence-corrected chi connectivity index (χ1v) is 6.64. The van der Waals surface area contributed by atoms with E-state index in [0.29, 0.717) is 0 Å². The van der Waals surface area contributed by atoms with Crippen molar-refractivity contribution < 1.29 is 9.90 Å². The summed E-state index contributed by atoms with van der Waals surface area (Å²) in [4.78, 5) is 18.5. The van der Waals surface area contributed by atoms with Crippen LogP contribution in [0, 0.1) is 13.8 Å². The number of aromatic nitrogens is 1. The first kappa shape index (κ1) is 14.1. The molecular weight excluding hydrogens is 236 g/mol. The van der Waals surface area contributed by atoms with Crippen molar-refractivity contribution in [1.29, 1.82) is 0 Å². The summed E-state index contributed by atoms with van der Waals surface area (Å²) in [6.07, 6.45) is 0.185. The largest absolute Gasteiger partial charge is 0.481 e. The molecule has 0 spiro atoms. The average Bonchev–Trinajstić information content (AvgIpc) is 2.52. The van der Waals surface area contributed by atoms with E-state index in [2.05, 4.69) is 16.8 Å². The van der Waals surface area contributed by atoms with Crippen LogP contribution in [0.3, 0.4) is 0 Å². The van der Waals surface area contributed by atoms with E-state index in [1.807, 2.05) is 20.8 Å². The molecule has 5 heteroatoms. The van der Waals surface area contributed by atoms with E-state index in [1.165, 1.54) is 4.88 Å². The second-order valence-electron chi connectivity index (χ2n) is 4.25. The molecule has 0 aliphatic rings. The van der Waals surface area contributed by atoms with E-state index in [-0.39, 0.29) is 12.5 Å². The van der Waals surface area contributed by atoms with Crippen molar-refractivity contribution >= 4 is 17.3 Å². The maximum atomic E-state index is 10.7. The van der Waals surface area contributed by atoms with E-state index >= 15 is 0 Å². The van der Waals surface area contributed by atoms with E-state index in [9.17, 15) is 4.79 Å². The van der Waals surface area contributed by atoms with Crippen LogP contribution in [0.25, 0.3) is 0 Å². The number of aliphatic carboxylic acids is 1. The van der Waals surface area contributed by atoms with Crippen molar-refractivity contribution in [2.45, 2.75) is 46.7 Å². The molecule has 0 aliphatic carbocycles. The first-order valence-electron chi connectivity index (χ1n) is 5.82. The predicted molar refractivity (Wildman–Crippen MR) is 69.4 cm³/mol. The van der Waals surface area contributed by atoms with E-state index in [1.54, 1.807) is 11.3 Å². The number of carbonyl (C=O) groups is 1. The molecule has 0 amide bonds. The van der Waals surface area contributed by atoms with Crippen molar-refractivity contribution in [1.82, 2.24) is 9.88 Å². The fraction of sp³-hybridized carbons (Fsp3) is 0.667. The summed E-state index contributed by atoms with van der Waals surface area (Å²) in [6, 6.07) is 0.0549. The fourth-order valence-corrected chi connectivity index (χ4v) is 2.83. The molecule has 1 atom stereocenters. The molecule has 0 aromatic carbocycles. The van der Waals surface area contributed by atoms with Gasteiger partial charge in [0.25, 0.3) is 0 Å². The standard InChI is InChI=1S/C12H20N2O2S/c1-5-14(8(2)6-12(15)16)7-11-9(3)13-10(4)17-11/h8H,5-7H2,1-4H3,(H,15,16). The highest BCUT2D eigenvalue weighted by molar-refractivity contribution is 7.11. The summed E-state index contributed by atoms with van der Waals surface area (Å²) in [5, 5.41) is 9.89. The molecule has 4 nitrogen and oxygen atoms in total. The molecule has 0 radical (unpaired) electrons. The molecule has 1 rings (SSSR count). The Morgan fingerprint density at radius 2 is 2.18 bits per heavy atom.